The van der Waals surface area contributed by atoms with Gasteiger partial charge < -0.3 is 14.9 Å². The summed E-state index contributed by atoms with van der Waals surface area (Å²) in [6, 6.07) is 6.22. The summed E-state index contributed by atoms with van der Waals surface area (Å²) in [6.07, 6.45) is 0.225. The molecule has 1 fully saturated rings. The van der Waals surface area contributed by atoms with E-state index in [4.69, 9.17) is 11.6 Å². The van der Waals surface area contributed by atoms with Gasteiger partial charge in [-0.25, -0.2) is 0 Å². The van der Waals surface area contributed by atoms with Crippen LogP contribution in [0.5, 0.6) is 0 Å². The Morgan fingerprint density at radius 2 is 2.20 bits per heavy atom. The molecule has 20 heavy (non-hydrogen) atoms. The van der Waals surface area contributed by atoms with Crippen LogP contribution in [0.15, 0.2) is 22.7 Å². The van der Waals surface area contributed by atoms with Gasteiger partial charge >= 0.3 is 0 Å². The van der Waals surface area contributed by atoms with Gasteiger partial charge in [0.15, 0.2) is 0 Å². The molecule has 1 aliphatic heterocycles. The third kappa shape index (κ3) is 4.18. The third-order valence-electron chi connectivity index (χ3n) is 4.08. The SMILES string of the molecule is CC1CN(CCC(O)c2ccc(Br)cc2Cl)CCN1C. The molecule has 3 nitrogen and oxygen atoms in total. The smallest absolute Gasteiger partial charge is 0.0816 e. The standard InChI is InChI=1S/C15H22BrClN2O/c1-11-10-19(8-7-18(11)2)6-5-15(20)13-4-3-12(16)9-14(13)17/h3-4,9,11,15,20H,5-8,10H2,1-2H3. The van der Waals surface area contributed by atoms with E-state index < -0.39 is 6.10 Å². The van der Waals surface area contributed by atoms with E-state index in [0.29, 0.717) is 11.1 Å². The van der Waals surface area contributed by atoms with Gasteiger partial charge in [0.25, 0.3) is 0 Å². The number of aliphatic hydroxyl groups is 1. The van der Waals surface area contributed by atoms with Crippen molar-refractivity contribution in [2.24, 2.45) is 0 Å². The van der Waals surface area contributed by atoms with Gasteiger partial charge in [0.05, 0.1) is 6.10 Å². The third-order valence-corrected chi connectivity index (χ3v) is 4.90. The van der Waals surface area contributed by atoms with E-state index in [1.165, 1.54) is 0 Å². The number of hydrogen-bond acceptors (Lipinski definition) is 3. The predicted octanol–water partition coefficient (Wildman–Crippen LogP) is 3.16. The zero-order valence-corrected chi connectivity index (χ0v) is 14.4. The van der Waals surface area contributed by atoms with Crippen molar-refractivity contribution in [3.8, 4) is 0 Å². The molecule has 2 rings (SSSR count). The number of piperazine rings is 1. The highest BCUT2D eigenvalue weighted by Gasteiger charge is 2.21. The van der Waals surface area contributed by atoms with Crippen molar-refractivity contribution < 1.29 is 5.11 Å². The van der Waals surface area contributed by atoms with Crippen LogP contribution in [0.4, 0.5) is 0 Å². The lowest BCUT2D eigenvalue weighted by atomic mass is 10.1. The number of likely N-dealkylation sites (N-methyl/N-ethyl adjacent to an activating group) is 1. The van der Waals surface area contributed by atoms with Crippen molar-refractivity contribution in [1.29, 1.82) is 0 Å². The summed E-state index contributed by atoms with van der Waals surface area (Å²) in [5.74, 6) is 0. The quantitative estimate of drug-likeness (QED) is 0.892. The van der Waals surface area contributed by atoms with Gasteiger partial charge in [0, 0.05) is 41.7 Å². The fraction of sp³-hybridized carbons (Fsp3) is 0.600. The molecule has 0 radical (unpaired) electrons. The van der Waals surface area contributed by atoms with E-state index >= 15 is 0 Å². The summed E-state index contributed by atoms with van der Waals surface area (Å²) in [5.41, 5.74) is 0.817. The number of halogens is 2. The molecule has 0 spiro atoms. The summed E-state index contributed by atoms with van der Waals surface area (Å²) >= 11 is 9.56. The van der Waals surface area contributed by atoms with Crippen LogP contribution in [0, 0.1) is 0 Å². The lowest BCUT2D eigenvalue weighted by Crippen LogP contribution is -2.50. The second kappa shape index (κ2) is 7.23. The average Bonchev–Trinajstić information content (AvgIpc) is 2.40. The molecular weight excluding hydrogens is 340 g/mol. The molecule has 0 bridgehead atoms. The van der Waals surface area contributed by atoms with Crippen molar-refractivity contribution in [2.45, 2.75) is 25.5 Å². The molecule has 1 aromatic rings. The summed E-state index contributed by atoms with van der Waals surface area (Å²) in [4.78, 5) is 4.79. The van der Waals surface area contributed by atoms with E-state index in [1.54, 1.807) is 0 Å². The maximum Gasteiger partial charge on any atom is 0.0816 e. The van der Waals surface area contributed by atoms with Gasteiger partial charge in [0.2, 0.25) is 0 Å². The molecule has 0 amide bonds. The van der Waals surface area contributed by atoms with Crippen molar-refractivity contribution in [2.75, 3.05) is 33.2 Å². The van der Waals surface area contributed by atoms with Crippen LogP contribution >= 0.6 is 27.5 Å². The van der Waals surface area contributed by atoms with Crippen LogP contribution in [0.3, 0.4) is 0 Å². The first-order chi connectivity index (χ1) is 9.47. The van der Waals surface area contributed by atoms with Crippen LogP contribution < -0.4 is 0 Å². The Labute approximate surface area is 134 Å². The Morgan fingerprint density at radius 1 is 1.45 bits per heavy atom. The molecule has 2 unspecified atom stereocenters. The first kappa shape index (κ1) is 16.2. The Hall–Kier alpha value is -0.130. The molecule has 1 saturated heterocycles. The molecule has 112 valence electrons. The topological polar surface area (TPSA) is 26.7 Å². The Balaban J connectivity index is 1.87. The fourth-order valence-electron chi connectivity index (χ4n) is 2.56. The first-order valence-electron chi connectivity index (χ1n) is 7.03. The molecule has 0 aromatic heterocycles. The minimum Gasteiger partial charge on any atom is -0.388 e. The maximum atomic E-state index is 10.3. The van der Waals surface area contributed by atoms with Gasteiger partial charge in [0.1, 0.15) is 0 Å². The van der Waals surface area contributed by atoms with Gasteiger partial charge in [-0.2, -0.15) is 0 Å². The summed E-state index contributed by atoms with van der Waals surface area (Å²) < 4.78 is 0.936. The molecule has 2 atom stereocenters. The van der Waals surface area contributed by atoms with Gasteiger partial charge in [-0.05, 0) is 38.1 Å². The largest absolute Gasteiger partial charge is 0.388 e. The highest BCUT2D eigenvalue weighted by atomic mass is 79.9. The summed E-state index contributed by atoms with van der Waals surface area (Å²) in [7, 11) is 2.17. The molecule has 0 aliphatic carbocycles. The van der Waals surface area contributed by atoms with Crippen LogP contribution in [0.1, 0.15) is 25.0 Å². The second-order valence-corrected chi connectivity index (χ2v) is 6.92. The van der Waals surface area contributed by atoms with Crippen LogP contribution in [0.2, 0.25) is 5.02 Å². The van der Waals surface area contributed by atoms with Crippen molar-refractivity contribution in [3.63, 3.8) is 0 Å². The Morgan fingerprint density at radius 3 is 2.85 bits per heavy atom. The van der Waals surface area contributed by atoms with E-state index in [2.05, 4.69) is 39.7 Å². The minimum atomic E-state index is -0.495. The number of hydrogen-bond donors (Lipinski definition) is 1. The number of benzene rings is 1. The second-order valence-electron chi connectivity index (χ2n) is 5.60. The lowest BCUT2D eigenvalue weighted by Gasteiger charge is -2.38. The Bertz CT molecular complexity index is 457. The van der Waals surface area contributed by atoms with Gasteiger partial charge in [-0.3, -0.25) is 0 Å². The summed E-state index contributed by atoms with van der Waals surface area (Å²) in [6.45, 7) is 6.38. The lowest BCUT2D eigenvalue weighted by molar-refractivity contribution is 0.0839. The van der Waals surface area contributed by atoms with E-state index in [-0.39, 0.29) is 0 Å². The monoisotopic (exact) mass is 360 g/mol. The zero-order valence-electron chi connectivity index (χ0n) is 12.0. The van der Waals surface area contributed by atoms with Crippen LogP contribution in [-0.2, 0) is 0 Å². The first-order valence-corrected chi connectivity index (χ1v) is 8.20. The van der Waals surface area contributed by atoms with E-state index in [1.807, 2.05) is 18.2 Å². The zero-order chi connectivity index (χ0) is 14.7. The minimum absolute atomic E-state index is 0.495. The number of rotatable bonds is 4. The molecule has 1 heterocycles. The summed E-state index contributed by atoms with van der Waals surface area (Å²) in [5, 5.41) is 10.9. The van der Waals surface area contributed by atoms with Crippen LogP contribution in [0.25, 0.3) is 0 Å². The van der Waals surface area contributed by atoms with E-state index in [9.17, 15) is 5.11 Å². The van der Waals surface area contributed by atoms with Gasteiger partial charge in [-0.1, -0.05) is 33.6 Å². The van der Waals surface area contributed by atoms with Crippen LogP contribution in [-0.4, -0.2) is 54.2 Å². The maximum absolute atomic E-state index is 10.3. The van der Waals surface area contributed by atoms with E-state index in [0.717, 1.165) is 42.6 Å². The number of nitrogens with zero attached hydrogens (tertiary/aromatic N) is 2. The highest BCUT2D eigenvalue weighted by Crippen LogP contribution is 2.28. The highest BCUT2D eigenvalue weighted by molar-refractivity contribution is 9.10. The normalized spacial score (nSPS) is 22.9. The average molecular weight is 362 g/mol. The molecular formula is C15H22BrClN2O. The van der Waals surface area contributed by atoms with Crippen molar-refractivity contribution in [1.82, 2.24) is 9.80 Å². The molecule has 1 aromatic carbocycles. The molecule has 1 N–H and O–H groups in total. The Kier molecular flexibility index (Phi) is 5.87. The van der Waals surface area contributed by atoms with Crippen molar-refractivity contribution >= 4 is 27.5 Å². The fourth-order valence-corrected chi connectivity index (χ4v) is 3.36. The number of aliphatic hydroxyl groups excluding tert-OH is 1. The van der Waals surface area contributed by atoms with Crippen molar-refractivity contribution in [3.05, 3.63) is 33.3 Å². The van der Waals surface area contributed by atoms with Gasteiger partial charge in [-0.15, -0.1) is 0 Å². The molecule has 5 heteroatoms. The predicted molar refractivity (Wildman–Crippen MR) is 87.3 cm³/mol. The molecule has 1 aliphatic rings. The molecule has 0 saturated carbocycles.